The van der Waals surface area contributed by atoms with E-state index in [-0.39, 0.29) is 18.5 Å². The standard InChI is InChI=1S/C24H31F6N3O2/c1-17-4-5-18(19(14-17)32-9-2-3-10-32)15-31-11-6-22(16-31)7-12-33(13-8-22)21(34)35-20(23(25,26)27)24(28,29)30/h4-5,14,20H,2-3,6-13,15-16H2,1H3. The molecular formula is C24H31F6N3O2. The zero-order valence-electron chi connectivity index (χ0n) is 19.7. The zero-order chi connectivity index (χ0) is 25.4. The monoisotopic (exact) mass is 507 g/mol. The number of nitrogens with zero attached hydrogens (tertiary/aromatic N) is 3. The first-order valence-electron chi connectivity index (χ1n) is 12.0. The number of piperidine rings is 1. The Morgan fingerprint density at radius 2 is 1.57 bits per heavy atom. The van der Waals surface area contributed by atoms with Crippen LogP contribution in [0, 0.1) is 12.3 Å². The Hall–Kier alpha value is -2.17. The normalized spacial score (nSPS) is 21.4. The third-order valence-electron chi connectivity index (χ3n) is 7.49. The molecule has 0 N–H and O–H groups in total. The van der Waals surface area contributed by atoms with Crippen molar-refractivity contribution in [1.82, 2.24) is 9.80 Å². The van der Waals surface area contributed by atoms with Gasteiger partial charge in [0.15, 0.2) is 0 Å². The van der Waals surface area contributed by atoms with Crippen LogP contribution in [0.5, 0.6) is 0 Å². The van der Waals surface area contributed by atoms with Gasteiger partial charge < -0.3 is 14.5 Å². The van der Waals surface area contributed by atoms with Crippen molar-refractivity contribution in [2.24, 2.45) is 5.41 Å². The van der Waals surface area contributed by atoms with E-state index in [0.29, 0.717) is 12.8 Å². The number of likely N-dealkylation sites (tertiary alicyclic amines) is 2. The summed E-state index contributed by atoms with van der Waals surface area (Å²) in [6.07, 6.45) is -12.8. The summed E-state index contributed by atoms with van der Waals surface area (Å²) in [5, 5.41) is 0. The molecule has 3 fully saturated rings. The molecule has 4 rings (SSSR count). The highest BCUT2D eigenvalue weighted by Crippen LogP contribution is 2.42. The topological polar surface area (TPSA) is 36.0 Å². The summed E-state index contributed by atoms with van der Waals surface area (Å²) in [6.45, 7) is 6.79. The number of halogens is 6. The van der Waals surface area contributed by atoms with Crippen molar-refractivity contribution < 1.29 is 35.9 Å². The first-order valence-corrected chi connectivity index (χ1v) is 12.0. The smallest absolute Gasteiger partial charge is 0.426 e. The number of benzene rings is 1. The molecule has 0 unspecified atom stereocenters. The lowest BCUT2D eigenvalue weighted by molar-refractivity contribution is -0.308. The molecule has 0 aromatic heterocycles. The fourth-order valence-corrected chi connectivity index (χ4v) is 5.53. The van der Waals surface area contributed by atoms with Gasteiger partial charge in [-0.1, -0.05) is 12.1 Å². The van der Waals surface area contributed by atoms with Gasteiger partial charge in [-0.05, 0) is 68.2 Å². The van der Waals surface area contributed by atoms with E-state index >= 15 is 0 Å². The predicted octanol–water partition coefficient (Wildman–Crippen LogP) is 5.51. The molecule has 0 aliphatic carbocycles. The molecule has 1 aromatic rings. The lowest BCUT2D eigenvalue weighted by atomic mass is 9.78. The van der Waals surface area contributed by atoms with Crippen molar-refractivity contribution in [2.75, 3.05) is 44.2 Å². The fraction of sp³-hybridized carbons (Fsp3) is 0.708. The maximum atomic E-state index is 12.7. The second-order valence-electron chi connectivity index (χ2n) is 10.1. The number of carbonyl (C=O) groups is 1. The molecule has 35 heavy (non-hydrogen) atoms. The SMILES string of the molecule is Cc1ccc(CN2CCC3(CCN(C(=O)OC(C(F)(F)F)C(F)(F)F)CC3)C2)c(N2CCCC2)c1. The summed E-state index contributed by atoms with van der Waals surface area (Å²) in [4.78, 5) is 17.8. The average molecular weight is 508 g/mol. The number of aryl methyl sites for hydroxylation is 1. The van der Waals surface area contributed by atoms with Crippen LogP contribution < -0.4 is 4.90 Å². The molecule has 196 valence electrons. The summed E-state index contributed by atoms with van der Waals surface area (Å²) in [5.74, 6) is 0. The minimum atomic E-state index is -5.71. The van der Waals surface area contributed by atoms with Crippen LogP contribution in [-0.4, -0.2) is 73.6 Å². The number of carbonyl (C=O) groups excluding carboxylic acids is 1. The van der Waals surface area contributed by atoms with Crippen LogP contribution in [-0.2, 0) is 11.3 Å². The highest BCUT2D eigenvalue weighted by atomic mass is 19.4. The summed E-state index contributed by atoms with van der Waals surface area (Å²) < 4.78 is 80.2. The fourth-order valence-electron chi connectivity index (χ4n) is 5.53. The summed E-state index contributed by atoms with van der Waals surface area (Å²) >= 11 is 0. The van der Waals surface area contributed by atoms with E-state index in [0.717, 1.165) is 44.0 Å². The third-order valence-corrected chi connectivity index (χ3v) is 7.49. The number of rotatable bonds is 4. The quantitative estimate of drug-likeness (QED) is 0.504. The van der Waals surface area contributed by atoms with Crippen LogP contribution in [0.25, 0.3) is 0 Å². The molecule has 3 heterocycles. The van der Waals surface area contributed by atoms with Crippen LogP contribution in [0.2, 0.25) is 0 Å². The van der Waals surface area contributed by atoms with Gasteiger partial charge in [0.2, 0.25) is 0 Å². The van der Waals surface area contributed by atoms with Crippen molar-refractivity contribution in [3.63, 3.8) is 0 Å². The number of hydrogen-bond acceptors (Lipinski definition) is 4. The van der Waals surface area contributed by atoms with Gasteiger partial charge >= 0.3 is 18.4 Å². The second kappa shape index (κ2) is 9.71. The molecule has 0 atom stereocenters. The Balaban J connectivity index is 1.34. The van der Waals surface area contributed by atoms with Crippen molar-refractivity contribution in [3.8, 4) is 0 Å². The number of hydrogen-bond donors (Lipinski definition) is 0. The highest BCUT2D eigenvalue weighted by Gasteiger charge is 2.60. The minimum absolute atomic E-state index is 0.0820. The Labute approximate surface area is 201 Å². The van der Waals surface area contributed by atoms with Gasteiger partial charge in [-0.2, -0.15) is 26.3 Å². The largest absolute Gasteiger partial charge is 0.434 e. The van der Waals surface area contributed by atoms with E-state index in [2.05, 4.69) is 39.7 Å². The first kappa shape index (κ1) is 25.9. The van der Waals surface area contributed by atoms with Gasteiger partial charge in [-0.3, -0.25) is 4.90 Å². The molecule has 5 nitrogen and oxygen atoms in total. The van der Waals surface area contributed by atoms with E-state index in [9.17, 15) is 31.1 Å². The molecule has 0 bridgehead atoms. The van der Waals surface area contributed by atoms with Crippen molar-refractivity contribution >= 4 is 11.8 Å². The minimum Gasteiger partial charge on any atom is -0.426 e. The Morgan fingerprint density at radius 3 is 2.17 bits per heavy atom. The number of ether oxygens (including phenoxy) is 1. The lowest BCUT2D eigenvalue weighted by Gasteiger charge is -2.39. The summed E-state index contributed by atoms with van der Waals surface area (Å²) in [7, 11) is 0. The number of amides is 1. The lowest BCUT2D eigenvalue weighted by Crippen LogP contribution is -2.50. The Kier molecular flexibility index (Phi) is 7.19. The highest BCUT2D eigenvalue weighted by molar-refractivity contribution is 5.68. The van der Waals surface area contributed by atoms with E-state index in [1.165, 1.54) is 29.7 Å². The maximum Gasteiger partial charge on any atom is 0.434 e. The third kappa shape index (κ3) is 5.98. The molecule has 1 spiro atoms. The van der Waals surface area contributed by atoms with Crippen LogP contribution in [0.1, 0.15) is 43.2 Å². The predicted molar refractivity (Wildman–Crippen MR) is 118 cm³/mol. The van der Waals surface area contributed by atoms with Crippen molar-refractivity contribution in [2.45, 2.75) is 64.0 Å². The average Bonchev–Trinajstić information content (AvgIpc) is 3.43. The second-order valence-corrected chi connectivity index (χ2v) is 10.1. The van der Waals surface area contributed by atoms with Gasteiger partial charge in [0.05, 0.1) is 0 Å². The van der Waals surface area contributed by atoms with Crippen LogP contribution in [0.3, 0.4) is 0 Å². The molecule has 3 aliphatic rings. The Bertz CT molecular complexity index is 892. The maximum absolute atomic E-state index is 12.7. The van der Waals surface area contributed by atoms with Crippen LogP contribution in [0.15, 0.2) is 18.2 Å². The van der Waals surface area contributed by atoms with Gasteiger partial charge in [-0.15, -0.1) is 0 Å². The first-order chi connectivity index (χ1) is 16.4. The molecule has 0 saturated carbocycles. The molecule has 1 amide bonds. The van der Waals surface area contributed by atoms with Gasteiger partial charge in [0.25, 0.3) is 6.10 Å². The molecule has 1 aromatic carbocycles. The van der Waals surface area contributed by atoms with Crippen LogP contribution in [0.4, 0.5) is 36.8 Å². The van der Waals surface area contributed by atoms with Gasteiger partial charge in [0, 0.05) is 45.0 Å². The number of alkyl halides is 6. The Morgan fingerprint density at radius 1 is 0.971 bits per heavy atom. The van der Waals surface area contributed by atoms with Gasteiger partial charge in [-0.25, -0.2) is 4.79 Å². The number of anilines is 1. The molecular weight excluding hydrogens is 476 g/mol. The van der Waals surface area contributed by atoms with Gasteiger partial charge in [0.1, 0.15) is 0 Å². The molecule has 3 saturated heterocycles. The summed E-state index contributed by atoms with van der Waals surface area (Å²) in [6, 6.07) is 6.51. The zero-order valence-corrected chi connectivity index (χ0v) is 19.7. The summed E-state index contributed by atoms with van der Waals surface area (Å²) in [5.41, 5.74) is 3.65. The van der Waals surface area contributed by atoms with E-state index in [1.54, 1.807) is 0 Å². The van der Waals surface area contributed by atoms with Crippen molar-refractivity contribution in [1.29, 1.82) is 0 Å². The van der Waals surface area contributed by atoms with Crippen molar-refractivity contribution in [3.05, 3.63) is 29.3 Å². The molecule has 0 radical (unpaired) electrons. The van der Waals surface area contributed by atoms with E-state index in [4.69, 9.17) is 0 Å². The van der Waals surface area contributed by atoms with Crippen LogP contribution >= 0.6 is 0 Å². The molecule has 3 aliphatic heterocycles. The van der Waals surface area contributed by atoms with E-state index in [1.807, 2.05) is 0 Å². The molecule has 11 heteroatoms. The van der Waals surface area contributed by atoms with E-state index < -0.39 is 24.5 Å².